The maximum atomic E-state index is 12.8. The van der Waals surface area contributed by atoms with Crippen molar-refractivity contribution < 1.29 is 9.53 Å². The van der Waals surface area contributed by atoms with Crippen LogP contribution in [0.4, 0.5) is 5.82 Å². The van der Waals surface area contributed by atoms with Crippen molar-refractivity contribution >= 4 is 11.7 Å². The average molecular weight is 379 g/mol. The van der Waals surface area contributed by atoms with Gasteiger partial charge in [-0.3, -0.25) is 4.79 Å². The summed E-state index contributed by atoms with van der Waals surface area (Å²) < 4.78 is 6.90. The summed E-state index contributed by atoms with van der Waals surface area (Å²) >= 11 is 0. The first-order chi connectivity index (χ1) is 13.7. The van der Waals surface area contributed by atoms with E-state index >= 15 is 0 Å². The van der Waals surface area contributed by atoms with E-state index < -0.39 is 0 Å². The lowest BCUT2D eigenvalue weighted by Crippen LogP contribution is -2.49. The minimum atomic E-state index is -0.0694. The predicted molar refractivity (Wildman–Crippen MR) is 103 cm³/mol. The van der Waals surface area contributed by atoms with Crippen LogP contribution in [0.15, 0.2) is 42.7 Å². The van der Waals surface area contributed by atoms with Crippen LogP contribution in [0.3, 0.4) is 0 Å². The number of hydrogen-bond donors (Lipinski definition) is 0. The van der Waals surface area contributed by atoms with E-state index in [1.807, 2.05) is 36.2 Å². The molecule has 0 spiro atoms. The van der Waals surface area contributed by atoms with Crippen molar-refractivity contribution in [1.29, 1.82) is 0 Å². The molecule has 1 saturated heterocycles. The van der Waals surface area contributed by atoms with E-state index in [4.69, 9.17) is 4.74 Å². The highest BCUT2D eigenvalue weighted by atomic mass is 16.5. The van der Waals surface area contributed by atoms with Crippen molar-refractivity contribution in [3.05, 3.63) is 54.0 Å². The molecule has 0 unspecified atom stereocenters. The first kappa shape index (κ1) is 17.9. The Morgan fingerprint density at radius 1 is 1.04 bits per heavy atom. The first-order valence-electron chi connectivity index (χ1n) is 9.05. The highest BCUT2D eigenvalue weighted by Gasteiger charge is 2.25. The molecule has 0 radical (unpaired) electrons. The summed E-state index contributed by atoms with van der Waals surface area (Å²) in [6.45, 7) is 4.49. The molecule has 3 aromatic rings. The summed E-state index contributed by atoms with van der Waals surface area (Å²) in [6, 6.07) is 9.23. The van der Waals surface area contributed by atoms with Gasteiger partial charge in [0.2, 0.25) is 5.88 Å². The van der Waals surface area contributed by atoms with Crippen LogP contribution in [0.25, 0.3) is 5.82 Å². The Kier molecular flexibility index (Phi) is 4.88. The fourth-order valence-electron chi connectivity index (χ4n) is 3.18. The number of carbonyl (C=O) groups is 1. The molecule has 1 aliphatic heterocycles. The van der Waals surface area contributed by atoms with E-state index in [1.54, 1.807) is 23.0 Å². The van der Waals surface area contributed by atoms with Crippen molar-refractivity contribution in [3.8, 4) is 11.7 Å². The Hall–Kier alpha value is -3.49. The van der Waals surface area contributed by atoms with Gasteiger partial charge in [-0.15, -0.1) is 10.2 Å². The second kappa shape index (κ2) is 7.63. The van der Waals surface area contributed by atoms with Crippen molar-refractivity contribution in [3.63, 3.8) is 0 Å². The Balaban J connectivity index is 1.40. The minimum absolute atomic E-state index is 0.0694. The van der Waals surface area contributed by atoms with E-state index in [2.05, 4.69) is 25.2 Å². The fraction of sp³-hybridized carbons (Fsp3) is 0.316. The smallest absolute Gasteiger partial charge is 0.259 e. The predicted octanol–water partition coefficient (Wildman–Crippen LogP) is 1.34. The maximum absolute atomic E-state index is 12.8. The molecule has 0 N–H and O–H groups in total. The molecule has 0 saturated carbocycles. The molecule has 4 heterocycles. The summed E-state index contributed by atoms with van der Waals surface area (Å²) in [6.07, 6.45) is 3.47. The molecule has 28 heavy (non-hydrogen) atoms. The number of piperazine rings is 1. The molecule has 1 aliphatic rings. The number of amides is 1. The van der Waals surface area contributed by atoms with Crippen LogP contribution in [0.1, 0.15) is 16.1 Å². The Morgan fingerprint density at radius 2 is 1.79 bits per heavy atom. The third-order valence-electron chi connectivity index (χ3n) is 4.68. The first-order valence-corrected chi connectivity index (χ1v) is 9.05. The van der Waals surface area contributed by atoms with Crippen molar-refractivity contribution in [2.45, 2.75) is 6.92 Å². The monoisotopic (exact) mass is 379 g/mol. The average Bonchev–Trinajstić information content (AvgIpc) is 3.20. The van der Waals surface area contributed by atoms with Crippen molar-refractivity contribution in [1.82, 2.24) is 29.9 Å². The maximum Gasteiger partial charge on any atom is 0.259 e. The molecule has 1 fully saturated rings. The fourth-order valence-corrected chi connectivity index (χ4v) is 3.18. The lowest BCUT2D eigenvalue weighted by Gasteiger charge is -2.35. The van der Waals surface area contributed by atoms with Gasteiger partial charge in [-0.05, 0) is 37.3 Å². The summed E-state index contributed by atoms with van der Waals surface area (Å²) in [7, 11) is 1.52. The zero-order valence-electron chi connectivity index (χ0n) is 15.8. The van der Waals surface area contributed by atoms with Gasteiger partial charge in [-0.2, -0.15) is 5.10 Å². The summed E-state index contributed by atoms with van der Waals surface area (Å²) in [5.74, 6) is 1.75. The second-order valence-corrected chi connectivity index (χ2v) is 6.49. The molecule has 0 bridgehead atoms. The number of methoxy groups -OCH3 is 1. The SMILES string of the molecule is COc1ncccc1C(=O)N1CCN(c2ccc(-n3ccc(C)n3)nn2)CC1. The molecule has 3 aromatic heterocycles. The third kappa shape index (κ3) is 3.51. The molecule has 144 valence electrons. The molecule has 1 amide bonds. The highest BCUT2D eigenvalue weighted by molar-refractivity contribution is 5.96. The van der Waals surface area contributed by atoms with Crippen molar-refractivity contribution in [2.75, 3.05) is 38.2 Å². The standard InChI is InChI=1S/C19H21N7O2/c1-14-7-9-26(23-14)17-6-5-16(21-22-17)24-10-12-25(13-11-24)19(27)15-4-3-8-20-18(15)28-2/h3-9H,10-13H2,1-2H3. The molecule has 9 heteroatoms. The van der Waals surface area contributed by atoms with Gasteiger partial charge >= 0.3 is 0 Å². The Bertz CT molecular complexity index is 962. The number of carbonyl (C=O) groups excluding carboxylic acids is 1. The van der Waals surface area contributed by atoms with E-state index in [1.165, 1.54) is 7.11 Å². The van der Waals surface area contributed by atoms with Gasteiger partial charge in [0.1, 0.15) is 5.56 Å². The lowest BCUT2D eigenvalue weighted by molar-refractivity contribution is 0.0742. The number of anilines is 1. The number of hydrogen-bond acceptors (Lipinski definition) is 7. The van der Waals surface area contributed by atoms with Gasteiger partial charge in [0, 0.05) is 38.6 Å². The topological polar surface area (TPSA) is 89.3 Å². The largest absolute Gasteiger partial charge is 0.480 e. The third-order valence-corrected chi connectivity index (χ3v) is 4.68. The number of rotatable bonds is 4. The molecule has 0 aromatic carbocycles. The Morgan fingerprint density at radius 3 is 2.43 bits per heavy atom. The summed E-state index contributed by atoms with van der Waals surface area (Å²) in [5.41, 5.74) is 1.41. The van der Waals surface area contributed by atoms with Crippen molar-refractivity contribution in [2.24, 2.45) is 0 Å². The molecule has 0 aliphatic carbocycles. The Labute approximate surface area is 162 Å². The van der Waals surface area contributed by atoms with Gasteiger partial charge in [0.25, 0.3) is 5.91 Å². The molecule has 9 nitrogen and oxygen atoms in total. The van der Waals surface area contributed by atoms with E-state index in [9.17, 15) is 4.79 Å². The number of aryl methyl sites for hydroxylation is 1. The zero-order chi connectivity index (χ0) is 19.5. The number of nitrogens with zero attached hydrogens (tertiary/aromatic N) is 7. The minimum Gasteiger partial charge on any atom is -0.480 e. The van der Waals surface area contributed by atoms with E-state index in [0.29, 0.717) is 43.4 Å². The molecule has 4 rings (SSSR count). The zero-order valence-corrected chi connectivity index (χ0v) is 15.8. The van der Waals surface area contributed by atoms with Gasteiger partial charge < -0.3 is 14.5 Å². The van der Waals surface area contributed by atoms with E-state index in [0.717, 1.165) is 11.5 Å². The van der Waals surface area contributed by atoms with Gasteiger partial charge in [0.05, 0.1) is 12.8 Å². The van der Waals surface area contributed by atoms with Crippen LogP contribution < -0.4 is 9.64 Å². The lowest BCUT2D eigenvalue weighted by atomic mass is 10.2. The second-order valence-electron chi connectivity index (χ2n) is 6.49. The number of aromatic nitrogens is 5. The van der Waals surface area contributed by atoms with E-state index in [-0.39, 0.29) is 5.91 Å². The highest BCUT2D eigenvalue weighted by Crippen LogP contribution is 2.19. The molecular formula is C19H21N7O2. The molecular weight excluding hydrogens is 358 g/mol. The van der Waals surface area contributed by atoms with Crippen LogP contribution in [-0.2, 0) is 0 Å². The number of ether oxygens (including phenoxy) is 1. The van der Waals surface area contributed by atoms with Crippen LogP contribution in [0, 0.1) is 6.92 Å². The van der Waals surface area contributed by atoms with Crippen LogP contribution in [-0.4, -0.2) is 69.1 Å². The summed E-state index contributed by atoms with van der Waals surface area (Å²) in [4.78, 5) is 20.8. The van der Waals surface area contributed by atoms with Crippen LogP contribution in [0.2, 0.25) is 0 Å². The molecule has 0 atom stereocenters. The summed E-state index contributed by atoms with van der Waals surface area (Å²) in [5, 5.41) is 12.9. The normalized spacial score (nSPS) is 14.2. The van der Waals surface area contributed by atoms with Gasteiger partial charge in [0.15, 0.2) is 11.6 Å². The van der Waals surface area contributed by atoms with Gasteiger partial charge in [-0.1, -0.05) is 0 Å². The van der Waals surface area contributed by atoms with Crippen LogP contribution in [0.5, 0.6) is 5.88 Å². The van der Waals surface area contributed by atoms with Crippen LogP contribution >= 0.6 is 0 Å². The quantitative estimate of drug-likeness (QED) is 0.676. The number of pyridine rings is 1. The van der Waals surface area contributed by atoms with Gasteiger partial charge in [-0.25, -0.2) is 9.67 Å².